The van der Waals surface area contributed by atoms with Gasteiger partial charge >= 0.3 is 0 Å². The molecule has 2 heterocycles. The summed E-state index contributed by atoms with van der Waals surface area (Å²) in [6.45, 7) is 2.11. The van der Waals surface area contributed by atoms with Crippen molar-refractivity contribution in [3.8, 4) is 0 Å². The Morgan fingerprint density at radius 3 is 3.00 bits per heavy atom. The van der Waals surface area contributed by atoms with Crippen LogP contribution in [0.3, 0.4) is 0 Å². The van der Waals surface area contributed by atoms with Crippen LogP contribution in [0.5, 0.6) is 0 Å². The molecule has 12 heavy (non-hydrogen) atoms. The van der Waals surface area contributed by atoms with Crippen LogP contribution in [-0.2, 0) is 13.0 Å². The van der Waals surface area contributed by atoms with Crippen LogP contribution in [0.4, 0.5) is 0 Å². The molecule has 0 atom stereocenters. The van der Waals surface area contributed by atoms with E-state index in [4.69, 9.17) is 0 Å². The van der Waals surface area contributed by atoms with Crippen LogP contribution in [0.25, 0.3) is 0 Å². The number of nitrogens with one attached hydrogen (secondary N) is 1. The van der Waals surface area contributed by atoms with Crippen molar-refractivity contribution in [2.24, 2.45) is 0 Å². The highest BCUT2D eigenvalue weighted by Crippen LogP contribution is 2.12. The second-order valence-corrected chi connectivity index (χ2v) is 3.41. The predicted octanol–water partition coefficient (Wildman–Crippen LogP) is 0.573. The molecule has 0 saturated heterocycles. The molecule has 0 saturated carbocycles. The fourth-order valence-corrected chi connectivity index (χ4v) is 1.61. The Morgan fingerprint density at radius 1 is 1.25 bits per heavy atom. The Morgan fingerprint density at radius 2 is 2.08 bits per heavy atom. The number of hydrogen-bond acceptors (Lipinski definition) is 3. The van der Waals surface area contributed by atoms with E-state index in [2.05, 4.69) is 27.4 Å². The maximum absolute atomic E-state index is 4.13. The van der Waals surface area contributed by atoms with Gasteiger partial charge in [0.05, 0.1) is 11.4 Å². The third-order valence-electron chi connectivity index (χ3n) is 2.33. The van der Waals surface area contributed by atoms with Gasteiger partial charge in [-0.05, 0) is 32.9 Å². The molecule has 0 radical (unpaired) electrons. The van der Waals surface area contributed by atoms with Crippen molar-refractivity contribution >= 4 is 0 Å². The van der Waals surface area contributed by atoms with Gasteiger partial charge in [0.25, 0.3) is 0 Å². The van der Waals surface area contributed by atoms with E-state index >= 15 is 0 Å². The lowest BCUT2D eigenvalue weighted by Crippen LogP contribution is -2.22. The third-order valence-corrected chi connectivity index (χ3v) is 2.33. The molecule has 0 aromatic carbocycles. The van der Waals surface area contributed by atoms with Crippen molar-refractivity contribution in [1.82, 2.24) is 20.3 Å². The van der Waals surface area contributed by atoms with Crippen LogP contribution >= 0.6 is 0 Å². The lowest BCUT2D eigenvalue weighted by atomic mass is 10.1. The highest BCUT2D eigenvalue weighted by Gasteiger charge is 2.12. The minimum absolute atomic E-state index is 0.936. The molecule has 4 heteroatoms. The zero-order chi connectivity index (χ0) is 8.39. The first-order chi connectivity index (χ1) is 5.86. The summed E-state index contributed by atoms with van der Waals surface area (Å²) in [5.41, 5.74) is 2.28. The molecular weight excluding hydrogens is 152 g/mol. The summed E-state index contributed by atoms with van der Waals surface area (Å²) in [4.78, 5) is 2.29. The fraction of sp³-hybridized carbons (Fsp3) is 0.750. The number of fused-ring (bicyclic) bond motifs is 1. The number of aryl methyl sites for hydroxylation is 1. The Balaban J connectivity index is 2.19. The summed E-state index contributed by atoms with van der Waals surface area (Å²) in [5, 5.41) is 11.0. The van der Waals surface area contributed by atoms with E-state index in [9.17, 15) is 0 Å². The van der Waals surface area contributed by atoms with Crippen molar-refractivity contribution in [3.05, 3.63) is 11.4 Å². The Bertz CT molecular complexity index is 255. The van der Waals surface area contributed by atoms with Gasteiger partial charge in [0.2, 0.25) is 0 Å². The quantitative estimate of drug-likeness (QED) is 0.613. The molecule has 1 aliphatic rings. The number of aromatic nitrogens is 3. The molecule has 1 aliphatic heterocycles. The third kappa shape index (κ3) is 1.48. The zero-order valence-corrected chi connectivity index (χ0v) is 7.38. The first-order valence-electron chi connectivity index (χ1n) is 4.43. The number of hydrogen-bond donors (Lipinski definition) is 1. The van der Waals surface area contributed by atoms with Crippen LogP contribution < -0.4 is 0 Å². The standard InChI is InChI=1S/C8H14N4/c1-12-5-3-2-4-7-8(6-12)10-11-9-7/h2-6H2,1H3,(H,9,10,11). The molecule has 1 aromatic rings. The molecule has 2 rings (SSSR count). The van der Waals surface area contributed by atoms with Gasteiger partial charge in [-0.3, -0.25) is 0 Å². The van der Waals surface area contributed by atoms with Crippen molar-refractivity contribution in [1.29, 1.82) is 0 Å². The number of rotatable bonds is 0. The summed E-state index contributed by atoms with van der Waals surface area (Å²) < 4.78 is 0. The monoisotopic (exact) mass is 166 g/mol. The van der Waals surface area contributed by atoms with Gasteiger partial charge in [0.1, 0.15) is 0 Å². The van der Waals surface area contributed by atoms with Crippen molar-refractivity contribution in [2.75, 3.05) is 13.6 Å². The predicted molar refractivity (Wildman–Crippen MR) is 45.7 cm³/mol. The molecule has 0 fully saturated rings. The van der Waals surface area contributed by atoms with Gasteiger partial charge in [-0.25, -0.2) is 0 Å². The molecule has 0 spiro atoms. The summed E-state index contributed by atoms with van der Waals surface area (Å²) in [7, 11) is 2.13. The molecule has 4 nitrogen and oxygen atoms in total. The average molecular weight is 166 g/mol. The highest BCUT2D eigenvalue weighted by molar-refractivity contribution is 5.08. The van der Waals surface area contributed by atoms with Gasteiger partial charge < -0.3 is 4.90 Å². The van der Waals surface area contributed by atoms with Gasteiger partial charge in [-0.1, -0.05) is 0 Å². The zero-order valence-electron chi connectivity index (χ0n) is 7.38. The Kier molecular flexibility index (Phi) is 2.08. The van der Waals surface area contributed by atoms with Gasteiger partial charge in [0, 0.05) is 6.54 Å². The van der Waals surface area contributed by atoms with Gasteiger partial charge in [-0.2, -0.15) is 15.4 Å². The molecule has 1 aromatic heterocycles. The van der Waals surface area contributed by atoms with Crippen molar-refractivity contribution < 1.29 is 0 Å². The minimum Gasteiger partial charge on any atom is -0.300 e. The van der Waals surface area contributed by atoms with Crippen LogP contribution in [0.1, 0.15) is 24.2 Å². The SMILES string of the molecule is CN1CCCCc2n[nH]nc2C1. The van der Waals surface area contributed by atoms with Crippen LogP contribution in [0, 0.1) is 0 Å². The van der Waals surface area contributed by atoms with E-state index in [-0.39, 0.29) is 0 Å². The van der Waals surface area contributed by atoms with Crippen LogP contribution in [0.15, 0.2) is 0 Å². The Labute approximate surface area is 72.0 Å². The van der Waals surface area contributed by atoms with E-state index in [1.807, 2.05) is 0 Å². The maximum atomic E-state index is 4.13. The first-order valence-corrected chi connectivity index (χ1v) is 4.43. The van der Waals surface area contributed by atoms with E-state index in [1.165, 1.54) is 19.4 Å². The summed E-state index contributed by atoms with van der Waals surface area (Å²) in [6.07, 6.45) is 3.58. The number of H-pyrrole nitrogens is 1. The molecule has 0 unspecified atom stereocenters. The average Bonchev–Trinajstić information content (AvgIpc) is 2.42. The largest absolute Gasteiger partial charge is 0.300 e. The number of aromatic amines is 1. The van der Waals surface area contributed by atoms with E-state index in [1.54, 1.807) is 0 Å². The topological polar surface area (TPSA) is 44.8 Å². The van der Waals surface area contributed by atoms with E-state index in [0.29, 0.717) is 0 Å². The second-order valence-electron chi connectivity index (χ2n) is 3.41. The van der Waals surface area contributed by atoms with Crippen molar-refractivity contribution in [2.45, 2.75) is 25.8 Å². The van der Waals surface area contributed by atoms with Crippen LogP contribution in [0.2, 0.25) is 0 Å². The lowest BCUT2D eigenvalue weighted by molar-refractivity contribution is 0.307. The summed E-state index contributed by atoms with van der Waals surface area (Å²) in [5.74, 6) is 0. The normalized spacial score (nSPS) is 19.8. The first kappa shape index (κ1) is 7.73. The van der Waals surface area contributed by atoms with Gasteiger partial charge in [0.15, 0.2) is 0 Å². The fourth-order valence-electron chi connectivity index (χ4n) is 1.61. The lowest BCUT2D eigenvalue weighted by Gasteiger charge is -2.17. The summed E-state index contributed by atoms with van der Waals surface area (Å²) >= 11 is 0. The van der Waals surface area contributed by atoms with Gasteiger partial charge in [-0.15, -0.1) is 0 Å². The molecular formula is C8H14N4. The van der Waals surface area contributed by atoms with E-state index in [0.717, 1.165) is 24.4 Å². The highest BCUT2D eigenvalue weighted by atomic mass is 15.3. The molecule has 0 amide bonds. The molecule has 66 valence electrons. The van der Waals surface area contributed by atoms with Crippen molar-refractivity contribution in [3.63, 3.8) is 0 Å². The molecule has 1 N–H and O–H groups in total. The Hall–Kier alpha value is -0.900. The van der Waals surface area contributed by atoms with E-state index < -0.39 is 0 Å². The smallest absolute Gasteiger partial charge is 0.0996 e. The number of nitrogens with zero attached hydrogens (tertiary/aromatic N) is 3. The molecule has 0 aliphatic carbocycles. The minimum atomic E-state index is 0.936. The second kappa shape index (κ2) is 3.23. The molecule has 0 bridgehead atoms. The maximum Gasteiger partial charge on any atom is 0.0996 e. The van der Waals surface area contributed by atoms with Crippen LogP contribution in [-0.4, -0.2) is 33.9 Å². The summed E-state index contributed by atoms with van der Waals surface area (Å²) in [6, 6.07) is 0.